The average molecular weight is 610 g/mol. The van der Waals surface area contributed by atoms with Gasteiger partial charge in [-0.2, -0.15) is 9.98 Å². The van der Waals surface area contributed by atoms with Gasteiger partial charge in [0.05, 0.1) is 23.1 Å². The molecule has 10 heteroatoms. The van der Waals surface area contributed by atoms with Gasteiger partial charge >= 0.3 is 6.03 Å². The molecule has 3 amide bonds. The van der Waals surface area contributed by atoms with Crippen LogP contribution in [0.15, 0.2) is 102 Å². The highest BCUT2D eigenvalue weighted by atomic mass is 32.2. The number of nitrogens with one attached hydrogen (secondary N) is 2. The first-order valence-corrected chi connectivity index (χ1v) is 16.2. The van der Waals surface area contributed by atoms with Crippen molar-refractivity contribution in [3.63, 3.8) is 0 Å². The molecule has 0 saturated carbocycles. The van der Waals surface area contributed by atoms with E-state index < -0.39 is 22.0 Å². The fraction of sp³-hybridized carbons (Fsp3) is 0.265. The lowest BCUT2D eigenvalue weighted by atomic mass is 10.1. The van der Waals surface area contributed by atoms with Gasteiger partial charge in [-0.15, -0.1) is 0 Å². The highest BCUT2D eigenvalue weighted by molar-refractivity contribution is 7.89. The Balaban J connectivity index is 1.43. The monoisotopic (exact) mass is 609 g/mol. The maximum Gasteiger partial charge on any atom is 0.339 e. The summed E-state index contributed by atoms with van der Waals surface area (Å²) >= 11 is 0. The van der Waals surface area contributed by atoms with Gasteiger partial charge in [-0.25, -0.2) is 18.2 Å². The van der Waals surface area contributed by atoms with Gasteiger partial charge in [-0.3, -0.25) is 10.2 Å². The van der Waals surface area contributed by atoms with E-state index in [1.165, 1.54) is 11.1 Å². The molecule has 0 aliphatic carbocycles. The van der Waals surface area contributed by atoms with Crippen LogP contribution in [-0.4, -0.2) is 49.4 Å². The summed E-state index contributed by atoms with van der Waals surface area (Å²) in [6, 6.07) is 28.7. The predicted octanol–water partition coefficient (Wildman–Crippen LogP) is 5.13. The molecule has 0 bridgehead atoms. The summed E-state index contributed by atoms with van der Waals surface area (Å²) in [5.41, 5.74) is 4.70. The maximum absolute atomic E-state index is 13.9. The summed E-state index contributed by atoms with van der Waals surface area (Å²) in [6.07, 6.45) is 3.87. The molecule has 44 heavy (non-hydrogen) atoms. The van der Waals surface area contributed by atoms with Gasteiger partial charge in [0.15, 0.2) is 0 Å². The summed E-state index contributed by atoms with van der Waals surface area (Å²) in [7, 11) is -4.12. The Labute approximate surface area is 258 Å². The van der Waals surface area contributed by atoms with Gasteiger partial charge in [0.1, 0.15) is 6.04 Å². The van der Waals surface area contributed by atoms with Gasteiger partial charge < -0.3 is 4.90 Å². The van der Waals surface area contributed by atoms with E-state index >= 15 is 0 Å². The van der Waals surface area contributed by atoms with Crippen molar-refractivity contribution in [2.75, 3.05) is 13.1 Å². The van der Waals surface area contributed by atoms with Crippen LogP contribution < -0.4 is 10.1 Å². The lowest BCUT2D eigenvalue weighted by molar-refractivity contribution is -0.126. The molecule has 1 atom stereocenters. The van der Waals surface area contributed by atoms with Gasteiger partial charge in [0.25, 0.3) is 5.91 Å². The molecule has 1 heterocycles. The Bertz CT molecular complexity index is 1750. The first-order valence-electron chi connectivity index (χ1n) is 14.7. The summed E-state index contributed by atoms with van der Waals surface area (Å²) in [4.78, 5) is 29.5. The molecule has 0 spiro atoms. The number of fused-ring (bicyclic) bond motifs is 1. The number of rotatable bonds is 8. The van der Waals surface area contributed by atoms with E-state index in [1.54, 1.807) is 41.3 Å². The number of nitrogens with zero attached hydrogens (tertiary/aromatic N) is 3. The number of carbonyl (C=O) groups excluding carboxylic acids is 2. The molecule has 4 aromatic carbocycles. The SMILES string of the molecule is N#Cc1ccc(CN(NC(=O)C(Cc2ccccc2)NS(=O)(=O)c2ccc3ccccc3c2)C(=O)N2CCCCCC2)cc1. The number of carbonyl (C=O) groups is 2. The Hall–Kier alpha value is -4.72. The maximum atomic E-state index is 13.9. The Morgan fingerprint density at radius 3 is 2.16 bits per heavy atom. The summed E-state index contributed by atoms with van der Waals surface area (Å²) in [5, 5.41) is 12.1. The molecule has 1 saturated heterocycles. The first-order chi connectivity index (χ1) is 21.3. The second-order valence-electron chi connectivity index (χ2n) is 10.9. The van der Waals surface area contributed by atoms with Crippen molar-refractivity contribution in [3.05, 3.63) is 114 Å². The Morgan fingerprint density at radius 2 is 1.48 bits per heavy atom. The van der Waals surface area contributed by atoms with E-state index in [-0.39, 0.29) is 23.9 Å². The number of amides is 3. The smallest absolute Gasteiger partial charge is 0.323 e. The van der Waals surface area contributed by atoms with E-state index in [1.807, 2.05) is 54.6 Å². The zero-order valence-corrected chi connectivity index (χ0v) is 25.2. The minimum atomic E-state index is -4.12. The van der Waals surface area contributed by atoms with E-state index in [9.17, 15) is 23.3 Å². The molecular weight excluding hydrogens is 574 g/mol. The van der Waals surface area contributed by atoms with Crippen LogP contribution >= 0.6 is 0 Å². The van der Waals surface area contributed by atoms with E-state index in [4.69, 9.17) is 0 Å². The van der Waals surface area contributed by atoms with Crippen LogP contribution in [0.5, 0.6) is 0 Å². The average Bonchev–Trinajstić information content (AvgIpc) is 3.34. The predicted molar refractivity (Wildman–Crippen MR) is 168 cm³/mol. The molecule has 2 N–H and O–H groups in total. The molecule has 1 unspecified atom stereocenters. The summed E-state index contributed by atoms with van der Waals surface area (Å²) in [6.45, 7) is 1.18. The van der Waals surface area contributed by atoms with Crippen LogP contribution in [0.3, 0.4) is 0 Å². The Morgan fingerprint density at radius 1 is 0.818 bits per heavy atom. The molecule has 226 valence electrons. The van der Waals surface area contributed by atoms with Crippen LogP contribution in [-0.2, 0) is 27.8 Å². The third-order valence-electron chi connectivity index (χ3n) is 7.70. The molecule has 1 aliphatic rings. The largest absolute Gasteiger partial charge is 0.339 e. The van der Waals surface area contributed by atoms with Crippen LogP contribution in [0.1, 0.15) is 42.4 Å². The quantitative estimate of drug-likeness (QED) is 0.268. The highest BCUT2D eigenvalue weighted by Crippen LogP contribution is 2.20. The second-order valence-corrected chi connectivity index (χ2v) is 12.6. The molecule has 0 aromatic heterocycles. The number of benzene rings is 4. The van der Waals surface area contributed by atoms with Crippen molar-refractivity contribution in [1.29, 1.82) is 5.26 Å². The van der Waals surface area contributed by atoms with Gasteiger partial charge in [0.2, 0.25) is 10.0 Å². The number of hydrogen-bond acceptors (Lipinski definition) is 5. The van der Waals surface area contributed by atoms with E-state index in [2.05, 4.69) is 16.2 Å². The molecule has 0 radical (unpaired) electrons. The first kappa shape index (κ1) is 30.7. The second kappa shape index (κ2) is 14.2. The normalized spacial score (nSPS) is 14.3. The lowest BCUT2D eigenvalue weighted by Crippen LogP contribution is -2.57. The molecule has 4 aromatic rings. The fourth-order valence-corrected chi connectivity index (χ4v) is 6.52. The summed E-state index contributed by atoms with van der Waals surface area (Å²) in [5.74, 6) is -0.657. The number of sulfonamides is 1. The zero-order valence-electron chi connectivity index (χ0n) is 24.4. The third kappa shape index (κ3) is 7.81. The minimum absolute atomic E-state index is 0.0390. The van der Waals surface area contributed by atoms with Crippen LogP contribution in [0.25, 0.3) is 10.8 Å². The number of likely N-dealkylation sites (tertiary alicyclic amines) is 1. The van der Waals surface area contributed by atoms with Gasteiger partial charge in [-0.05, 0) is 65.4 Å². The zero-order chi connectivity index (χ0) is 30.9. The molecular formula is C34H35N5O4S. The van der Waals surface area contributed by atoms with Crippen molar-refractivity contribution < 1.29 is 18.0 Å². The molecule has 1 fully saturated rings. The number of nitriles is 1. The van der Waals surface area contributed by atoms with Crippen LogP contribution in [0, 0.1) is 11.3 Å². The highest BCUT2D eigenvalue weighted by Gasteiger charge is 2.30. The lowest BCUT2D eigenvalue weighted by Gasteiger charge is -2.31. The molecule has 9 nitrogen and oxygen atoms in total. The third-order valence-corrected chi connectivity index (χ3v) is 9.17. The molecule has 1 aliphatic heterocycles. The number of hydrazine groups is 1. The van der Waals surface area contributed by atoms with Crippen LogP contribution in [0.4, 0.5) is 4.79 Å². The summed E-state index contributed by atoms with van der Waals surface area (Å²) < 4.78 is 29.9. The van der Waals surface area contributed by atoms with Crippen molar-refractivity contribution in [2.45, 2.75) is 49.6 Å². The fourth-order valence-electron chi connectivity index (χ4n) is 5.29. The van der Waals surface area contributed by atoms with E-state index in [0.717, 1.165) is 42.0 Å². The topological polar surface area (TPSA) is 123 Å². The van der Waals surface area contributed by atoms with Gasteiger partial charge in [0, 0.05) is 13.1 Å². The van der Waals surface area contributed by atoms with Gasteiger partial charge in [-0.1, -0.05) is 85.6 Å². The van der Waals surface area contributed by atoms with Crippen molar-refractivity contribution in [3.8, 4) is 6.07 Å². The number of urea groups is 1. The standard InChI is InChI=1S/C34H35N5O4S/c35-24-27-14-16-28(17-15-27)25-39(34(41)38-20-8-1-2-9-21-38)36-33(40)32(22-26-10-4-3-5-11-26)37-44(42,43)31-19-18-29-12-6-7-13-30(29)23-31/h3-7,10-19,23,32,37H,1-2,8-9,20-22,25H2,(H,36,40). The Kier molecular flexibility index (Phi) is 9.89. The van der Waals surface area contributed by atoms with Crippen LogP contribution in [0.2, 0.25) is 0 Å². The van der Waals surface area contributed by atoms with Crippen molar-refractivity contribution in [1.82, 2.24) is 20.1 Å². The molecule has 5 rings (SSSR count). The van der Waals surface area contributed by atoms with Crippen molar-refractivity contribution >= 4 is 32.7 Å². The van der Waals surface area contributed by atoms with Crippen molar-refractivity contribution in [2.24, 2.45) is 0 Å². The minimum Gasteiger partial charge on any atom is -0.323 e. The number of hydrogen-bond donors (Lipinski definition) is 2. The van der Waals surface area contributed by atoms with E-state index in [0.29, 0.717) is 24.2 Å².